The molecule has 0 aliphatic rings. The van der Waals surface area contributed by atoms with Crippen molar-refractivity contribution in [2.45, 2.75) is 32.9 Å². The van der Waals surface area contributed by atoms with Crippen molar-refractivity contribution < 1.29 is 4.39 Å². The number of H-pyrrole nitrogens is 1. The van der Waals surface area contributed by atoms with Crippen molar-refractivity contribution in [3.63, 3.8) is 0 Å². The Morgan fingerprint density at radius 2 is 2.05 bits per heavy atom. The first-order valence-corrected chi connectivity index (χ1v) is 6.93. The minimum atomic E-state index is -0.434. The van der Waals surface area contributed by atoms with E-state index in [0.29, 0.717) is 23.6 Å². The molecule has 2 aromatic rings. The lowest BCUT2D eigenvalue weighted by atomic mass is 10.1. The van der Waals surface area contributed by atoms with Crippen molar-refractivity contribution >= 4 is 11.6 Å². The van der Waals surface area contributed by atoms with E-state index in [1.807, 2.05) is 20.8 Å². The molecule has 1 aromatic carbocycles. The number of rotatable bonds is 3. The first kappa shape index (κ1) is 15.7. The summed E-state index contributed by atoms with van der Waals surface area (Å²) in [5.74, 6) is -0.102. The molecule has 21 heavy (non-hydrogen) atoms. The van der Waals surface area contributed by atoms with Crippen molar-refractivity contribution in [2.24, 2.45) is 0 Å². The number of halogens is 2. The summed E-state index contributed by atoms with van der Waals surface area (Å²) in [5, 5.41) is 3.47. The van der Waals surface area contributed by atoms with E-state index in [1.165, 1.54) is 24.3 Å². The number of hydrogen-bond acceptors (Lipinski definition) is 3. The van der Waals surface area contributed by atoms with Crippen LogP contribution in [0.3, 0.4) is 0 Å². The van der Waals surface area contributed by atoms with Gasteiger partial charge in [0.15, 0.2) is 0 Å². The summed E-state index contributed by atoms with van der Waals surface area (Å²) in [6.45, 7) is 6.53. The topological polar surface area (TPSA) is 57.8 Å². The SMILES string of the molecule is CC(C)(C)NCc1cc(=O)[nH]c(-c2ccc(F)cc2Cl)n1. The highest BCUT2D eigenvalue weighted by Gasteiger charge is 2.12. The third-order valence-electron chi connectivity index (χ3n) is 2.78. The second kappa shape index (κ2) is 5.95. The maximum Gasteiger partial charge on any atom is 0.251 e. The summed E-state index contributed by atoms with van der Waals surface area (Å²) in [6, 6.07) is 5.40. The molecule has 0 unspecified atom stereocenters. The Morgan fingerprint density at radius 3 is 2.67 bits per heavy atom. The first-order chi connectivity index (χ1) is 9.74. The van der Waals surface area contributed by atoms with Gasteiger partial charge < -0.3 is 10.3 Å². The van der Waals surface area contributed by atoms with Crippen molar-refractivity contribution in [3.8, 4) is 11.4 Å². The van der Waals surface area contributed by atoms with Gasteiger partial charge >= 0.3 is 0 Å². The Morgan fingerprint density at radius 1 is 1.33 bits per heavy atom. The Kier molecular flexibility index (Phi) is 4.44. The summed E-state index contributed by atoms with van der Waals surface area (Å²) in [7, 11) is 0. The standard InChI is InChI=1S/C15H17ClFN3O/c1-15(2,3)18-8-10-7-13(21)20-14(19-10)11-5-4-9(17)6-12(11)16/h4-7,18H,8H2,1-3H3,(H,19,20,21). The van der Waals surface area contributed by atoms with Gasteiger partial charge in [0.1, 0.15) is 11.6 Å². The summed E-state index contributed by atoms with van der Waals surface area (Å²) in [6.07, 6.45) is 0. The van der Waals surface area contributed by atoms with Crippen LogP contribution >= 0.6 is 11.6 Å². The van der Waals surface area contributed by atoms with E-state index < -0.39 is 5.82 Å². The number of hydrogen-bond donors (Lipinski definition) is 2. The minimum absolute atomic E-state index is 0.0853. The molecular weight excluding hydrogens is 293 g/mol. The number of nitrogens with one attached hydrogen (secondary N) is 2. The molecule has 0 bridgehead atoms. The van der Waals surface area contributed by atoms with Crippen LogP contribution in [0, 0.1) is 5.82 Å². The normalized spacial score (nSPS) is 11.7. The summed E-state index contributed by atoms with van der Waals surface area (Å²) in [5.41, 5.74) is 0.737. The Labute approximate surface area is 127 Å². The zero-order chi connectivity index (χ0) is 15.6. The minimum Gasteiger partial charge on any atom is -0.306 e. The van der Waals surface area contributed by atoms with E-state index in [9.17, 15) is 9.18 Å². The Bertz CT molecular complexity index is 707. The van der Waals surface area contributed by atoms with E-state index in [4.69, 9.17) is 11.6 Å². The highest BCUT2D eigenvalue weighted by molar-refractivity contribution is 6.33. The van der Waals surface area contributed by atoms with Crippen molar-refractivity contribution in [2.75, 3.05) is 0 Å². The average molecular weight is 310 g/mol. The predicted molar refractivity (Wildman–Crippen MR) is 81.9 cm³/mol. The van der Waals surface area contributed by atoms with Gasteiger partial charge in [-0.3, -0.25) is 4.79 Å². The van der Waals surface area contributed by atoms with Crippen LogP contribution in [0.5, 0.6) is 0 Å². The summed E-state index contributed by atoms with van der Waals surface area (Å²) in [4.78, 5) is 18.7. The molecule has 0 radical (unpaired) electrons. The number of aromatic nitrogens is 2. The molecule has 4 nitrogen and oxygen atoms in total. The van der Waals surface area contributed by atoms with Gasteiger partial charge in [0.05, 0.1) is 10.7 Å². The third-order valence-corrected chi connectivity index (χ3v) is 3.09. The fourth-order valence-corrected chi connectivity index (χ4v) is 2.02. The highest BCUT2D eigenvalue weighted by Crippen LogP contribution is 2.25. The third kappa shape index (κ3) is 4.37. The van der Waals surface area contributed by atoms with E-state index in [-0.39, 0.29) is 16.1 Å². The smallest absolute Gasteiger partial charge is 0.251 e. The molecule has 0 saturated heterocycles. The average Bonchev–Trinajstić information content (AvgIpc) is 2.35. The van der Waals surface area contributed by atoms with Crippen LogP contribution in [0.1, 0.15) is 26.5 Å². The fourth-order valence-electron chi connectivity index (χ4n) is 1.76. The molecule has 1 aromatic heterocycles. The molecule has 0 saturated carbocycles. The summed E-state index contributed by atoms with van der Waals surface area (Å²) < 4.78 is 13.1. The molecule has 0 aliphatic heterocycles. The Balaban J connectivity index is 2.37. The van der Waals surface area contributed by atoms with Gasteiger partial charge in [0.2, 0.25) is 0 Å². The van der Waals surface area contributed by atoms with Crippen molar-refractivity contribution in [1.82, 2.24) is 15.3 Å². The van der Waals surface area contributed by atoms with Crippen LogP contribution in [0.15, 0.2) is 29.1 Å². The molecule has 112 valence electrons. The molecule has 0 spiro atoms. The molecule has 0 amide bonds. The van der Waals surface area contributed by atoms with Crippen LogP contribution in [-0.2, 0) is 6.54 Å². The van der Waals surface area contributed by atoms with Gasteiger partial charge in [-0.15, -0.1) is 0 Å². The molecule has 2 rings (SSSR count). The van der Waals surface area contributed by atoms with Gasteiger partial charge in [0, 0.05) is 23.7 Å². The highest BCUT2D eigenvalue weighted by atomic mass is 35.5. The lowest BCUT2D eigenvalue weighted by Crippen LogP contribution is -2.35. The van der Waals surface area contributed by atoms with Crippen LogP contribution < -0.4 is 10.9 Å². The lowest BCUT2D eigenvalue weighted by molar-refractivity contribution is 0.421. The molecule has 0 atom stereocenters. The maximum atomic E-state index is 13.1. The number of benzene rings is 1. The van der Waals surface area contributed by atoms with Gasteiger partial charge in [-0.2, -0.15) is 0 Å². The zero-order valence-corrected chi connectivity index (χ0v) is 12.9. The van der Waals surface area contributed by atoms with Crippen molar-refractivity contribution in [1.29, 1.82) is 0 Å². The van der Waals surface area contributed by atoms with Gasteiger partial charge in [-0.25, -0.2) is 9.37 Å². The molecule has 2 N–H and O–H groups in total. The van der Waals surface area contributed by atoms with Gasteiger partial charge in [0.25, 0.3) is 5.56 Å². The Hall–Kier alpha value is -1.72. The van der Waals surface area contributed by atoms with Gasteiger partial charge in [-0.05, 0) is 39.0 Å². The molecule has 0 aliphatic carbocycles. The second-order valence-corrected chi connectivity index (χ2v) is 6.22. The van der Waals surface area contributed by atoms with E-state index >= 15 is 0 Å². The van der Waals surface area contributed by atoms with Crippen LogP contribution in [-0.4, -0.2) is 15.5 Å². The van der Waals surface area contributed by atoms with Gasteiger partial charge in [-0.1, -0.05) is 11.6 Å². The zero-order valence-electron chi connectivity index (χ0n) is 12.1. The monoisotopic (exact) mass is 309 g/mol. The van der Waals surface area contributed by atoms with Crippen LogP contribution in [0.25, 0.3) is 11.4 Å². The van der Waals surface area contributed by atoms with Crippen molar-refractivity contribution in [3.05, 3.63) is 51.2 Å². The van der Waals surface area contributed by atoms with E-state index in [1.54, 1.807) is 0 Å². The largest absolute Gasteiger partial charge is 0.306 e. The number of aromatic amines is 1. The van der Waals surface area contributed by atoms with Crippen LogP contribution in [0.2, 0.25) is 5.02 Å². The lowest BCUT2D eigenvalue weighted by Gasteiger charge is -2.20. The quantitative estimate of drug-likeness (QED) is 0.916. The predicted octanol–water partition coefficient (Wildman–Crippen LogP) is 3.12. The van der Waals surface area contributed by atoms with E-state index in [2.05, 4.69) is 15.3 Å². The first-order valence-electron chi connectivity index (χ1n) is 6.55. The van der Waals surface area contributed by atoms with E-state index in [0.717, 1.165) is 0 Å². The molecule has 0 fully saturated rings. The molecule has 6 heteroatoms. The molecular formula is C15H17ClFN3O. The number of nitrogens with zero attached hydrogens (tertiary/aromatic N) is 1. The summed E-state index contributed by atoms with van der Waals surface area (Å²) >= 11 is 6.00. The maximum absolute atomic E-state index is 13.1. The fraction of sp³-hybridized carbons (Fsp3) is 0.333. The molecule has 1 heterocycles. The van der Waals surface area contributed by atoms with Crippen LogP contribution in [0.4, 0.5) is 4.39 Å². The second-order valence-electron chi connectivity index (χ2n) is 5.81.